The number of carbonyl (C=O) groups is 1. The number of carbonyl (C=O) groups excluding carboxylic acids is 1. The lowest BCUT2D eigenvalue weighted by molar-refractivity contribution is -0.384. The molecular weight excluding hydrogens is 366 g/mol. The van der Waals surface area contributed by atoms with Crippen LogP contribution in [-0.2, 0) is 11.3 Å². The van der Waals surface area contributed by atoms with Gasteiger partial charge in [-0.05, 0) is 11.6 Å². The van der Waals surface area contributed by atoms with Crippen LogP contribution < -0.4 is 5.32 Å². The number of amides is 1. The number of benzene rings is 2. The van der Waals surface area contributed by atoms with E-state index in [0.29, 0.717) is 16.5 Å². The number of aliphatic hydroxyl groups is 2. The molecule has 0 saturated heterocycles. The van der Waals surface area contributed by atoms with Crippen LogP contribution in [0.3, 0.4) is 0 Å². The van der Waals surface area contributed by atoms with Crippen molar-refractivity contribution in [1.82, 2.24) is 10.3 Å². The summed E-state index contributed by atoms with van der Waals surface area (Å²) in [4.78, 5) is 25.0. The average molecular weight is 385 g/mol. The first kappa shape index (κ1) is 19.3. The fourth-order valence-corrected chi connectivity index (χ4v) is 2.77. The Morgan fingerprint density at radius 2 is 1.96 bits per heavy atom. The van der Waals surface area contributed by atoms with Gasteiger partial charge in [0.05, 0.1) is 4.92 Å². The van der Waals surface area contributed by atoms with Crippen LogP contribution >= 0.6 is 0 Å². The number of rotatable bonds is 7. The molecule has 0 aliphatic carbocycles. The van der Waals surface area contributed by atoms with E-state index < -0.39 is 23.2 Å². The Labute approximate surface area is 159 Å². The lowest BCUT2D eigenvalue weighted by atomic mass is 10.0. The third-order valence-electron chi connectivity index (χ3n) is 4.26. The topological polar surface area (TPSA) is 138 Å². The third kappa shape index (κ3) is 4.45. The zero-order valence-electron chi connectivity index (χ0n) is 14.7. The van der Waals surface area contributed by atoms with Gasteiger partial charge in [-0.1, -0.05) is 30.3 Å². The molecule has 3 aromatic rings. The van der Waals surface area contributed by atoms with E-state index in [4.69, 9.17) is 4.74 Å². The van der Waals surface area contributed by atoms with Gasteiger partial charge in [0.25, 0.3) is 5.69 Å². The molecule has 0 saturated carbocycles. The molecule has 1 amide bonds. The molecule has 0 bridgehead atoms. The minimum Gasteiger partial charge on any atom is -0.445 e. The molecule has 28 heavy (non-hydrogen) atoms. The summed E-state index contributed by atoms with van der Waals surface area (Å²) in [5.74, 6) is 0. The summed E-state index contributed by atoms with van der Waals surface area (Å²) in [6.07, 6.45) is -1.95. The molecule has 0 spiro atoms. The second-order valence-corrected chi connectivity index (χ2v) is 6.19. The molecule has 0 radical (unpaired) electrons. The predicted octanol–water partition coefficient (Wildman–Crippen LogP) is 2.40. The van der Waals surface area contributed by atoms with Crippen LogP contribution in [0.4, 0.5) is 10.5 Å². The zero-order valence-corrected chi connectivity index (χ0v) is 14.7. The number of nitro benzene ring substituents is 1. The molecule has 9 nitrogen and oxygen atoms in total. The number of alkyl carbamates (subject to hydrolysis) is 1. The van der Waals surface area contributed by atoms with Gasteiger partial charge in [-0.25, -0.2) is 4.79 Å². The van der Waals surface area contributed by atoms with E-state index in [9.17, 15) is 25.1 Å². The van der Waals surface area contributed by atoms with E-state index in [1.54, 1.807) is 0 Å². The van der Waals surface area contributed by atoms with Crippen molar-refractivity contribution in [3.05, 3.63) is 76.0 Å². The van der Waals surface area contributed by atoms with Gasteiger partial charge in [-0.15, -0.1) is 0 Å². The number of nitrogens with zero attached hydrogens (tertiary/aromatic N) is 1. The maximum absolute atomic E-state index is 11.8. The van der Waals surface area contributed by atoms with E-state index in [1.165, 1.54) is 24.4 Å². The summed E-state index contributed by atoms with van der Waals surface area (Å²) in [6.45, 7) is -0.173. The summed E-state index contributed by atoms with van der Waals surface area (Å²) in [5.41, 5.74) is 1.57. The maximum Gasteiger partial charge on any atom is 0.407 e. The number of fused-ring (bicyclic) bond motifs is 1. The number of ether oxygens (including phenoxy) is 1. The van der Waals surface area contributed by atoms with E-state index in [1.807, 2.05) is 30.3 Å². The summed E-state index contributed by atoms with van der Waals surface area (Å²) in [5, 5.41) is 34.3. The van der Waals surface area contributed by atoms with E-state index in [2.05, 4.69) is 10.3 Å². The Hall–Kier alpha value is -3.43. The second kappa shape index (κ2) is 8.51. The Kier molecular flexibility index (Phi) is 5.87. The summed E-state index contributed by atoms with van der Waals surface area (Å²) < 4.78 is 5.04. The van der Waals surface area contributed by atoms with Gasteiger partial charge in [-0.3, -0.25) is 10.1 Å². The number of H-pyrrole nitrogens is 1. The zero-order chi connectivity index (χ0) is 20.1. The van der Waals surface area contributed by atoms with Gasteiger partial charge < -0.3 is 25.3 Å². The first-order chi connectivity index (χ1) is 13.5. The monoisotopic (exact) mass is 385 g/mol. The largest absolute Gasteiger partial charge is 0.445 e. The van der Waals surface area contributed by atoms with Crippen LogP contribution in [0.5, 0.6) is 0 Å². The molecule has 4 N–H and O–H groups in total. The Morgan fingerprint density at radius 1 is 1.21 bits per heavy atom. The summed E-state index contributed by atoms with van der Waals surface area (Å²) in [6, 6.07) is 13.3. The minimum atomic E-state index is -1.36. The van der Waals surface area contributed by atoms with Crippen molar-refractivity contribution in [3.63, 3.8) is 0 Å². The Bertz CT molecular complexity index is 972. The van der Waals surface area contributed by atoms with Crippen LogP contribution in [0, 0.1) is 10.1 Å². The lowest BCUT2D eigenvalue weighted by Gasteiger charge is -2.18. The standard InChI is InChI=1S/C19H19N3O6/c23-17(10-21-19(25)28-11-12-4-2-1-3-5-12)18(24)15-9-20-16-7-6-13(22(26)27)8-14(15)16/h1-9,17-18,20,23-24H,10-11H2,(H,21,25). The SMILES string of the molecule is O=C(NCC(O)C(O)c1c[nH]c2ccc([N+](=O)[O-])cc12)OCc1ccccc1. The molecule has 2 atom stereocenters. The van der Waals surface area contributed by atoms with Crippen molar-refractivity contribution >= 4 is 22.7 Å². The number of aromatic nitrogens is 1. The van der Waals surface area contributed by atoms with Gasteiger partial charge in [0, 0.05) is 41.3 Å². The quantitative estimate of drug-likeness (QED) is 0.364. The van der Waals surface area contributed by atoms with Crippen molar-refractivity contribution < 1.29 is 24.7 Å². The number of hydrogen-bond donors (Lipinski definition) is 4. The number of hydrogen-bond acceptors (Lipinski definition) is 6. The highest BCUT2D eigenvalue weighted by molar-refractivity contribution is 5.85. The van der Waals surface area contributed by atoms with Gasteiger partial charge in [0.15, 0.2) is 0 Å². The van der Waals surface area contributed by atoms with Crippen LogP contribution in [0.1, 0.15) is 17.2 Å². The number of nitro groups is 1. The second-order valence-electron chi connectivity index (χ2n) is 6.19. The molecule has 1 heterocycles. The average Bonchev–Trinajstić information content (AvgIpc) is 3.13. The molecule has 2 unspecified atom stereocenters. The normalized spacial score (nSPS) is 13.1. The lowest BCUT2D eigenvalue weighted by Crippen LogP contribution is -2.35. The fourth-order valence-electron chi connectivity index (χ4n) is 2.77. The van der Waals surface area contributed by atoms with E-state index in [-0.39, 0.29) is 18.8 Å². The van der Waals surface area contributed by atoms with Crippen LogP contribution in [0.25, 0.3) is 10.9 Å². The molecule has 0 aliphatic rings. The fraction of sp³-hybridized carbons (Fsp3) is 0.211. The molecule has 3 rings (SSSR count). The van der Waals surface area contributed by atoms with Gasteiger partial charge in [0.2, 0.25) is 0 Å². The third-order valence-corrected chi connectivity index (χ3v) is 4.26. The van der Waals surface area contributed by atoms with Crippen molar-refractivity contribution in [3.8, 4) is 0 Å². The van der Waals surface area contributed by atoms with Crippen molar-refractivity contribution in [1.29, 1.82) is 0 Å². The summed E-state index contributed by atoms with van der Waals surface area (Å²) >= 11 is 0. The Morgan fingerprint density at radius 3 is 2.68 bits per heavy atom. The highest BCUT2D eigenvalue weighted by Crippen LogP contribution is 2.29. The number of non-ortho nitro benzene ring substituents is 1. The van der Waals surface area contributed by atoms with Gasteiger partial charge >= 0.3 is 6.09 Å². The van der Waals surface area contributed by atoms with Crippen molar-refractivity contribution in [2.45, 2.75) is 18.8 Å². The smallest absolute Gasteiger partial charge is 0.407 e. The van der Waals surface area contributed by atoms with Gasteiger partial charge in [0.1, 0.15) is 18.8 Å². The van der Waals surface area contributed by atoms with Crippen molar-refractivity contribution in [2.24, 2.45) is 0 Å². The molecule has 1 aromatic heterocycles. The number of aromatic amines is 1. The minimum absolute atomic E-state index is 0.0808. The van der Waals surface area contributed by atoms with E-state index >= 15 is 0 Å². The van der Waals surface area contributed by atoms with E-state index in [0.717, 1.165) is 5.56 Å². The van der Waals surface area contributed by atoms with Gasteiger partial charge in [-0.2, -0.15) is 0 Å². The molecule has 0 fully saturated rings. The maximum atomic E-state index is 11.8. The molecular formula is C19H19N3O6. The molecule has 9 heteroatoms. The molecule has 2 aromatic carbocycles. The highest BCUT2D eigenvalue weighted by atomic mass is 16.6. The number of nitrogens with one attached hydrogen (secondary N) is 2. The van der Waals surface area contributed by atoms with Crippen LogP contribution in [0.15, 0.2) is 54.7 Å². The number of aliphatic hydroxyl groups excluding tert-OH is 2. The summed E-state index contributed by atoms with van der Waals surface area (Å²) in [7, 11) is 0. The molecule has 0 aliphatic heterocycles. The Balaban J connectivity index is 1.59. The first-order valence-corrected chi connectivity index (χ1v) is 8.52. The molecule has 146 valence electrons. The van der Waals surface area contributed by atoms with Crippen LogP contribution in [0.2, 0.25) is 0 Å². The predicted molar refractivity (Wildman–Crippen MR) is 101 cm³/mol. The first-order valence-electron chi connectivity index (χ1n) is 8.52. The van der Waals surface area contributed by atoms with Crippen LogP contribution in [-0.4, -0.2) is 38.9 Å². The highest BCUT2D eigenvalue weighted by Gasteiger charge is 2.23. The van der Waals surface area contributed by atoms with Crippen molar-refractivity contribution in [2.75, 3.05) is 6.54 Å².